The van der Waals surface area contributed by atoms with E-state index in [2.05, 4.69) is 10.2 Å². The number of rotatable bonds is 5. The van der Waals surface area contributed by atoms with E-state index < -0.39 is 5.97 Å². The number of aromatic nitrogens is 2. The van der Waals surface area contributed by atoms with E-state index in [0.29, 0.717) is 0 Å². The molecule has 1 aromatic rings. The molecule has 1 unspecified atom stereocenters. The van der Waals surface area contributed by atoms with Gasteiger partial charge in [-0.15, -0.1) is 5.10 Å². The van der Waals surface area contributed by atoms with Crippen LogP contribution in [0.1, 0.15) is 37.4 Å². The van der Waals surface area contributed by atoms with E-state index in [0.717, 1.165) is 37.7 Å². The van der Waals surface area contributed by atoms with Crippen LogP contribution < -0.4 is 0 Å². The lowest BCUT2D eigenvalue weighted by molar-refractivity contribution is -0.129. The number of thioether (sulfide) groups is 1. The highest BCUT2D eigenvalue weighted by molar-refractivity contribution is 8.00. The van der Waals surface area contributed by atoms with Crippen LogP contribution in [0.3, 0.4) is 0 Å². The van der Waals surface area contributed by atoms with E-state index in [9.17, 15) is 9.59 Å². The molecule has 0 radical (unpaired) electrons. The number of carbonyl (C=O) groups excluding carboxylic acids is 2. The lowest BCUT2D eigenvalue weighted by Crippen LogP contribution is -2.34. The number of hydrogen-bond donors (Lipinski definition) is 0. The van der Waals surface area contributed by atoms with Gasteiger partial charge in [-0.3, -0.25) is 4.79 Å². The molecule has 2 rings (SSSR count). The minimum absolute atomic E-state index is 0.0587. The topological polar surface area (TPSA) is 85.5 Å². The molecule has 7 nitrogen and oxygen atoms in total. The molecule has 0 spiro atoms. The molecule has 1 aromatic heterocycles. The van der Waals surface area contributed by atoms with Crippen molar-refractivity contribution < 1.29 is 18.7 Å². The molecule has 1 aliphatic heterocycles. The Morgan fingerprint density at radius 3 is 2.75 bits per heavy atom. The minimum Gasteiger partial charge on any atom is -0.459 e. The van der Waals surface area contributed by atoms with E-state index in [1.54, 1.807) is 13.8 Å². The van der Waals surface area contributed by atoms with Crippen LogP contribution in [0, 0.1) is 0 Å². The van der Waals surface area contributed by atoms with E-state index in [1.165, 1.54) is 0 Å². The van der Waals surface area contributed by atoms with Gasteiger partial charge < -0.3 is 14.1 Å². The van der Waals surface area contributed by atoms with Gasteiger partial charge in [0.25, 0.3) is 5.22 Å². The van der Waals surface area contributed by atoms with Crippen molar-refractivity contribution in [1.29, 1.82) is 0 Å². The highest BCUT2D eigenvalue weighted by Crippen LogP contribution is 2.24. The van der Waals surface area contributed by atoms with Crippen LogP contribution in [-0.4, -0.2) is 51.9 Å². The number of esters is 1. The van der Waals surface area contributed by atoms with Crippen molar-refractivity contribution in [3.63, 3.8) is 0 Å². The van der Waals surface area contributed by atoms with Gasteiger partial charge in [-0.1, -0.05) is 16.9 Å². The van der Waals surface area contributed by atoms with Crippen molar-refractivity contribution in [2.24, 2.45) is 0 Å². The van der Waals surface area contributed by atoms with Crippen molar-refractivity contribution in [1.82, 2.24) is 15.1 Å². The zero-order valence-corrected chi connectivity index (χ0v) is 12.3. The zero-order chi connectivity index (χ0) is 14.5. The Balaban J connectivity index is 1.92. The van der Waals surface area contributed by atoms with Gasteiger partial charge in [0.15, 0.2) is 0 Å². The lowest BCUT2D eigenvalue weighted by atomic mass is 10.4. The maximum Gasteiger partial charge on any atom is 0.396 e. The van der Waals surface area contributed by atoms with Crippen molar-refractivity contribution >= 4 is 23.6 Å². The molecule has 0 aliphatic carbocycles. The Morgan fingerprint density at radius 2 is 2.10 bits per heavy atom. The number of nitrogens with zero attached hydrogens (tertiary/aromatic N) is 3. The van der Waals surface area contributed by atoms with Crippen LogP contribution in [0.5, 0.6) is 0 Å². The number of amides is 1. The molecule has 0 aromatic carbocycles. The maximum atomic E-state index is 12.1. The van der Waals surface area contributed by atoms with Gasteiger partial charge in [0, 0.05) is 13.1 Å². The highest BCUT2D eigenvalue weighted by Gasteiger charge is 2.26. The predicted molar refractivity (Wildman–Crippen MR) is 71.4 cm³/mol. The highest BCUT2D eigenvalue weighted by atomic mass is 32.2. The average molecular weight is 299 g/mol. The van der Waals surface area contributed by atoms with Gasteiger partial charge >= 0.3 is 11.9 Å². The monoisotopic (exact) mass is 299 g/mol. The van der Waals surface area contributed by atoms with Gasteiger partial charge in [0.05, 0.1) is 11.9 Å². The molecule has 1 atom stereocenters. The van der Waals surface area contributed by atoms with Crippen LogP contribution >= 0.6 is 11.8 Å². The quantitative estimate of drug-likeness (QED) is 0.599. The van der Waals surface area contributed by atoms with Crippen LogP contribution in [0.25, 0.3) is 0 Å². The fourth-order valence-electron chi connectivity index (χ4n) is 1.93. The number of ether oxygens (including phenoxy) is 1. The molecule has 1 amide bonds. The molecule has 0 N–H and O–H groups in total. The van der Waals surface area contributed by atoms with Crippen molar-refractivity contribution in [3.8, 4) is 0 Å². The first-order chi connectivity index (χ1) is 9.61. The van der Waals surface area contributed by atoms with Crippen LogP contribution in [0.15, 0.2) is 9.64 Å². The summed E-state index contributed by atoms with van der Waals surface area (Å²) in [6, 6.07) is 0. The summed E-state index contributed by atoms with van der Waals surface area (Å²) in [5.41, 5.74) is 0. The molecule has 8 heteroatoms. The van der Waals surface area contributed by atoms with Gasteiger partial charge in [-0.05, 0) is 26.7 Å². The van der Waals surface area contributed by atoms with Crippen molar-refractivity contribution in [3.05, 3.63) is 5.89 Å². The smallest absolute Gasteiger partial charge is 0.396 e. The second-order valence-corrected chi connectivity index (χ2v) is 5.68. The lowest BCUT2D eigenvalue weighted by Gasteiger charge is -2.18. The molecule has 2 heterocycles. The third-order valence-corrected chi connectivity index (χ3v) is 3.82. The standard InChI is InChI=1S/C12H17N3O4S/c1-3-18-11(17)9-13-14-12(19-9)20-8(2)10(16)15-6-4-5-7-15/h8H,3-7H2,1-2H3. The Hall–Kier alpha value is -1.57. The average Bonchev–Trinajstić information content (AvgIpc) is 3.09. The first kappa shape index (κ1) is 14.8. The van der Waals surface area contributed by atoms with Crippen LogP contribution in [0.4, 0.5) is 0 Å². The van der Waals surface area contributed by atoms with E-state index in [4.69, 9.17) is 9.15 Å². The summed E-state index contributed by atoms with van der Waals surface area (Å²) in [5.74, 6) is -0.774. The Labute approximate surface area is 121 Å². The van der Waals surface area contributed by atoms with Crippen LogP contribution in [0.2, 0.25) is 0 Å². The second kappa shape index (κ2) is 6.74. The molecular weight excluding hydrogens is 282 g/mol. The first-order valence-corrected chi connectivity index (χ1v) is 7.46. The van der Waals surface area contributed by atoms with E-state index in [-0.39, 0.29) is 28.9 Å². The molecule has 1 aliphatic rings. The fourth-order valence-corrected chi connectivity index (χ4v) is 2.70. The third kappa shape index (κ3) is 3.50. The summed E-state index contributed by atoms with van der Waals surface area (Å²) in [4.78, 5) is 25.3. The zero-order valence-electron chi connectivity index (χ0n) is 11.5. The molecular formula is C12H17N3O4S. The third-order valence-electron chi connectivity index (χ3n) is 2.90. The summed E-state index contributed by atoms with van der Waals surface area (Å²) in [7, 11) is 0. The maximum absolute atomic E-state index is 12.1. The van der Waals surface area contributed by atoms with Gasteiger partial charge in [-0.25, -0.2) is 4.79 Å². The first-order valence-electron chi connectivity index (χ1n) is 6.58. The minimum atomic E-state index is -0.648. The van der Waals surface area contributed by atoms with Gasteiger partial charge in [0.2, 0.25) is 5.91 Å². The molecule has 110 valence electrons. The summed E-state index contributed by atoms with van der Waals surface area (Å²) in [5, 5.41) is 7.24. The number of carbonyl (C=O) groups is 2. The SMILES string of the molecule is CCOC(=O)c1nnc(SC(C)C(=O)N2CCCC2)o1. The Kier molecular flexibility index (Phi) is 4.99. The molecule has 0 saturated carbocycles. The van der Waals surface area contributed by atoms with Crippen LogP contribution in [-0.2, 0) is 9.53 Å². The normalized spacial score (nSPS) is 16.2. The van der Waals surface area contributed by atoms with Gasteiger partial charge in [-0.2, -0.15) is 0 Å². The van der Waals surface area contributed by atoms with Crippen molar-refractivity contribution in [2.45, 2.75) is 37.2 Å². The molecule has 1 saturated heterocycles. The molecule has 20 heavy (non-hydrogen) atoms. The van der Waals surface area contributed by atoms with Crippen molar-refractivity contribution in [2.75, 3.05) is 19.7 Å². The van der Waals surface area contributed by atoms with E-state index >= 15 is 0 Å². The predicted octanol–water partition coefficient (Wildman–Crippen LogP) is 1.35. The van der Waals surface area contributed by atoms with E-state index in [1.807, 2.05) is 4.90 Å². The van der Waals surface area contributed by atoms with Gasteiger partial charge in [0.1, 0.15) is 0 Å². The molecule has 1 fully saturated rings. The summed E-state index contributed by atoms with van der Waals surface area (Å²) in [6.45, 7) is 5.34. The summed E-state index contributed by atoms with van der Waals surface area (Å²) < 4.78 is 9.93. The number of hydrogen-bond acceptors (Lipinski definition) is 7. The summed E-state index contributed by atoms with van der Waals surface area (Å²) >= 11 is 1.16. The molecule has 0 bridgehead atoms. The largest absolute Gasteiger partial charge is 0.459 e. The summed E-state index contributed by atoms with van der Waals surface area (Å²) in [6.07, 6.45) is 2.10. The Morgan fingerprint density at radius 1 is 1.40 bits per heavy atom. The number of likely N-dealkylation sites (tertiary alicyclic amines) is 1. The fraction of sp³-hybridized carbons (Fsp3) is 0.667. The second-order valence-electron chi connectivity index (χ2n) is 4.39. The Bertz CT molecular complexity index is 485.